The summed E-state index contributed by atoms with van der Waals surface area (Å²) in [6.07, 6.45) is 1.19. The number of rotatable bonds is 6. The lowest BCUT2D eigenvalue weighted by atomic mass is 10.1. The molecular formula is C19H20N6O. The van der Waals surface area contributed by atoms with E-state index in [9.17, 15) is 0 Å². The zero-order valence-electron chi connectivity index (χ0n) is 14.6. The van der Waals surface area contributed by atoms with Crippen molar-refractivity contribution in [2.45, 2.75) is 20.0 Å². The van der Waals surface area contributed by atoms with Crippen molar-refractivity contribution in [3.8, 4) is 0 Å². The van der Waals surface area contributed by atoms with E-state index in [0.29, 0.717) is 11.8 Å². The SMILES string of the molecule is Cc1ccccc1/C=N/OC(C)c1nc(N)nc(Nc2ccccc2)n1. The third kappa shape index (κ3) is 4.54. The third-order valence-corrected chi connectivity index (χ3v) is 3.66. The van der Waals surface area contributed by atoms with Gasteiger partial charge in [-0.2, -0.15) is 15.0 Å². The van der Waals surface area contributed by atoms with Crippen LogP contribution in [-0.2, 0) is 4.84 Å². The van der Waals surface area contributed by atoms with Crippen molar-refractivity contribution in [1.82, 2.24) is 15.0 Å². The summed E-state index contributed by atoms with van der Waals surface area (Å²) >= 11 is 0. The number of hydrogen-bond acceptors (Lipinski definition) is 7. The van der Waals surface area contributed by atoms with Crippen LogP contribution in [-0.4, -0.2) is 21.2 Å². The molecule has 7 heteroatoms. The molecule has 2 aromatic carbocycles. The lowest BCUT2D eigenvalue weighted by Crippen LogP contribution is -2.10. The summed E-state index contributed by atoms with van der Waals surface area (Å²) in [5.74, 6) is 0.877. The summed E-state index contributed by atoms with van der Waals surface area (Å²) < 4.78 is 0. The standard InChI is InChI=1S/C19H20N6O/c1-13-8-6-7-9-15(13)12-21-26-14(2)17-23-18(20)25-19(24-17)22-16-10-4-3-5-11-16/h3-12,14H,1-2H3,(H3,20,22,23,24,25)/b21-12+. The fraction of sp³-hybridized carbons (Fsp3) is 0.158. The summed E-state index contributed by atoms with van der Waals surface area (Å²) in [5.41, 5.74) is 8.76. The zero-order chi connectivity index (χ0) is 18.4. The van der Waals surface area contributed by atoms with E-state index in [1.54, 1.807) is 13.1 Å². The van der Waals surface area contributed by atoms with E-state index in [1.165, 1.54) is 0 Å². The number of benzene rings is 2. The van der Waals surface area contributed by atoms with Gasteiger partial charge in [0.15, 0.2) is 11.9 Å². The minimum Gasteiger partial charge on any atom is -0.385 e. The molecule has 0 radical (unpaired) electrons. The zero-order valence-corrected chi connectivity index (χ0v) is 14.6. The van der Waals surface area contributed by atoms with Crippen LogP contribution in [0, 0.1) is 6.92 Å². The second-order valence-corrected chi connectivity index (χ2v) is 5.71. The van der Waals surface area contributed by atoms with Crippen molar-refractivity contribution in [3.05, 3.63) is 71.5 Å². The van der Waals surface area contributed by atoms with Crippen molar-refractivity contribution < 1.29 is 4.84 Å². The molecule has 0 saturated heterocycles. The molecule has 0 amide bonds. The molecule has 0 bridgehead atoms. The molecule has 0 fully saturated rings. The van der Waals surface area contributed by atoms with Crippen LogP contribution in [0.3, 0.4) is 0 Å². The molecule has 1 heterocycles. The van der Waals surface area contributed by atoms with Crippen molar-refractivity contribution >= 4 is 23.8 Å². The van der Waals surface area contributed by atoms with Gasteiger partial charge in [0.1, 0.15) is 0 Å². The summed E-state index contributed by atoms with van der Waals surface area (Å²) in [6.45, 7) is 3.81. The highest BCUT2D eigenvalue weighted by Gasteiger charge is 2.13. The molecule has 1 unspecified atom stereocenters. The number of nitrogen functional groups attached to an aromatic ring is 1. The fourth-order valence-corrected chi connectivity index (χ4v) is 2.25. The number of nitrogens with one attached hydrogen (secondary N) is 1. The molecule has 1 aromatic heterocycles. The molecule has 0 aliphatic carbocycles. The number of oxime groups is 1. The van der Waals surface area contributed by atoms with Gasteiger partial charge in [0.05, 0.1) is 6.21 Å². The number of para-hydroxylation sites is 1. The van der Waals surface area contributed by atoms with E-state index in [1.807, 2.05) is 61.5 Å². The van der Waals surface area contributed by atoms with Crippen molar-refractivity contribution in [3.63, 3.8) is 0 Å². The molecule has 1 atom stereocenters. The Morgan fingerprint density at radius 1 is 1.04 bits per heavy atom. The van der Waals surface area contributed by atoms with Gasteiger partial charge in [-0.1, -0.05) is 47.6 Å². The Kier molecular flexibility index (Phi) is 5.38. The summed E-state index contributed by atoms with van der Waals surface area (Å²) in [4.78, 5) is 18.1. The molecule has 0 spiro atoms. The van der Waals surface area contributed by atoms with Crippen LogP contribution >= 0.6 is 0 Å². The van der Waals surface area contributed by atoms with Gasteiger partial charge in [0.25, 0.3) is 0 Å². The van der Waals surface area contributed by atoms with Crippen LogP contribution < -0.4 is 11.1 Å². The first kappa shape index (κ1) is 17.3. The summed E-state index contributed by atoms with van der Waals surface area (Å²) in [5, 5.41) is 7.13. The lowest BCUT2D eigenvalue weighted by molar-refractivity contribution is 0.0673. The number of nitrogens with zero attached hydrogens (tertiary/aromatic N) is 4. The normalized spacial score (nSPS) is 12.1. The van der Waals surface area contributed by atoms with E-state index in [2.05, 4.69) is 25.4 Å². The second-order valence-electron chi connectivity index (χ2n) is 5.71. The number of anilines is 3. The Hall–Kier alpha value is -3.48. The maximum Gasteiger partial charge on any atom is 0.232 e. The van der Waals surface area contributed by atoms with Crippen LogP contribution in [0.2, 0.25) is 0 Å². The Labute approximate surface area is 152 Å². The highest BCUT2D eigenvalue weighted by atomic mass is 16.6. The molecule has 3 rings (SSSR count). The average Bonchev–Trinajstić information content (AvgIpc) is 2.63. The van der Waals surface area contributed by atoms with Gasteiger partial charge in [-0.3, -0.25) is 0 Å². The van der Waals surface area contributed by atoms with Crippen molar-refractivity contribution in [2.24, 2.45) is 5.16 Å². The van der Waals surface area contributed by atoms with Gasteiger partial charge < -0.3 is 15.9 Å². The van der Waals surface area contributed by atoms with Gasteiger partial charge in [-0.05, 0) is 37.1 Å². The van der Waals surface area contributed by atoms with E-state index in [0.717, 1.165) is 16.8 Å². The molecule has 0 saturated carbocycles. The van der Waals surface area contributed by atoms with Crippen LogP contribution in [0.4, 0.5) is 17.6 Å². The van der Waals surface area contributed by atoms with Gasteiger partial charge in [-0.15, -0.1) is 0 Å². The van der Waals surface area contributed by atoms with Crippen LogP contribution in [0.1, 0.15) is 30.0 Å². The van der Waals surface area contributed by atoms with E-state index < -0.39 is 6.10 Å². The molecule has 0 aliphatic rings. The predicted molar refractivity (Wildman–Crippen MR) is 102 cm³/mol. The van der Waals surface area contributed by atoms with Gasteiger partial charge in [-0.25, -0.2) is 0 Å². The third-order valence-electron chi connectivity index (χ3n) is 3.66. The van der Waals surface area contributed by atoms with Crippen LogP contribution in [0.25, 0.3) is 0 Å². The van der Waals surface area contributed by atoms with E-state index in [4.69, 9.17) is 10.6 Å². The quantitative estimate of drug-likeness (QED) is 0.521. The molecule has 7 nitrogen and oxygen atoms in total. The molecular weight excluding hydrogens is 328 g/mol. The second kappa shape index (κ2) is 8.06. The van der Waals surface area contributed by atoms with Gasteiger partial charge in [0.2, 0.25) is 11.9 Å². The Morgan fingerprint density at radius 2 is 1.77 bits per heavy atom. The highest BCUT2D eigenvalue weighted by molar-refractivity contribution is 5.81. The smallest absolute Gasteiger partial charge is 0.232 e. The van der Waals surface area contributed by atoms with Crippen molar-refractivity contribution in [2.75, 3.05) is 11.1 Å². The van der Waals surface area contributed by atoms with E-state index in [-0.39, 0.29) is 5.95 Å². The monoisotopic (exact) mass is 348 g/mol. The number of aryl methyl sites for hydroxylation is 1. The van der Waals surface area contributed by atoms with Crippen LogP contribution in [0.5, 0.6) is 0 Å². The number of aromatic nitrogens is 3. The predicted octanol–water partition coefficient (Wildman–Crippen LogP) is 3.62. The largest absolute Gasteiger partial charge is 0.385 e. The Bertz CT molecular complexity index is 898. The van der Waals surface area contributed by atoms with E-state index >= 15 is 0 Å². The first-order chi connectivity index (χ1) is 12.6. The fourth-order valence-electron chi connectivity index (χ4n) is 2.25. The molecule has 3 aromatic rings. The molecule has 26 heavy (non-hydrogen) atoms. The van der Waals surface area contributed by atoms with Gasteiger partial charge in [0, 0.05) is 5.69 Å². The maximum atomic E-state index is 5.79. The minimum atomic E-state index is -0.475. The summed E-state index contributed by atoms with van der Waals surface area (Å²) in [7, 11) is 0. The topological polar surface area (TPSA) is 98.3 Å². The average molecular weight is 348 g/mol. The maximum absolute atomic E-state index is 5.79. The first-order valence-corrected chi connectivity index (χ1v) is 8.20. The lowest BCUT2D eigenvalue weighted by Gasteiger charge is -2.11. The number of nitrogens with two attached hydrogens (primary N) is 1. The summed E-state index contributed by atoms with van der Waals surface area (Å²) in [6, 6.07) is 17.5. The van der Waals surface area contributed by atoms with Gasteiger partial charge >= 0.3 is 0 Å². The van der Waals surface area contributed by atoms with Crippen LogP contribution in [0.15, 0.2) is 59.8 Å². The molecule has 3 N–H and O–H groups in total. The molecule has 132 valence electrons. The Morgan fingerprint density at radius 3 is 2.54 bits per heavy atom. The Balaban J connectivity index is 1.71. The molecule has 0 aliphatic heterocycles. The number of hydrogen-bond donors (Lipinski definition) is 2. The first-order valence-electron chi connectivity index (χ1n) is 8.20. The highest BCUT2D eigenvalue weighted by Crippen LogP contribution is 2.18. The van der Waals surface area contributed by atoms with Crippen molar-refractivity contribution in [1.29, 1.82) is 0 Å². The minimum absolute atomic E-state index is 0.117.